The maximum atomic E-state index is 15.1. The van der Waals surface area contributed by atoms with E-state index in [1.54, 1.807) is 52.2 Å². The Morgan fingerprint density at radius 3 is 2.53 bits per heavy atom. The van der Waals surface area contributed by atoms with E-state index in [0.717, 1.165) is 5.69 Å². The molecule has 8 nitrogen and oxygen atoms in total. The number of aromatic nitrogens is 4. The fourth-order valence-corrected chi connectivity index (χ4v) is 3.52. The lowest BCUT2D eigenvalue weighted by atomic mass is 10.1. The maximum absolute atomic E-state index is 15.1. The molecule has 0 bridgehead atoms. The zero-order chi connectivity index (χ0) is 22.1. The standard InChI is InChI=1S/C23H19FN6O2/c1-32-21-15-29(19-9-8-17(14-18(19)24)28-13-5-11-25-28)27-22(23(21)31)20-10-12-26-30(20)16-6-3-2-4-7-16/h2-15,23,31H,1H3. The molecular formula is C23H19FN6O2. The number of nitrogens with zero attached hydrogens (tertiary/aromatic N) is 6. The summed E-state index contributed by atoms with van der Waals surface area (Å²) >= 11 is 0. The number of rotatable bonds is 5. The van der Waals surface area contributed by atoms with Crippen molar-refractivity contribution in [1.82, 2.24) is 19.6 Å². The van der Waals surface area contributed by atoms with Gasteiger partial charge < -0.3 is 9.84 Å². The number of aliphatic hydroxyl groups is 1. The monoisotopic (exact) mass is 430 g/mol. The summed E-state index contributed by atoms with van der Waals surface area (Å²) in [6.07, 6.45) is 5.30. The Bertz CT molecular complexity index is 1300. The largest absolute Gasteiger partial charge is 0.496 e. The number of hydrogen-bond donors (Lipinski definition) is 1. The van der Waals surface area contributed by atoms with Gasteiger partial charge in [-0.3, -0.25) is 0 Å². The third-order valence-corrected chi connectivity index (χ3v) is 5.08. The Morgan fingerprint density at radius 1 is 0.969 bits per heavy atom. The zero-order valence-electron chi connectivity index (χ0n) is 17.1. The van der Waals surface area contributed by atoms with E-state index in [0.29, 0.717) is 11.4 Å². The summed E-state index contributed by atoms with van der Waals surface area (Å²) in [7, 11) is 1.45. The van der Waals surface area contributed by atoms with Crippen LogP contribution in [0.4, 0.5) is 10.1 Å². The third-order valence-electron chi connectivity index (χ3n) is 5.08. The SMILES string of the molecule is COC1=CN(c2ccc(-n3cccn3)cc2F)N=C(c2ccnn2-c2ccccc2)C1O. The molecule has 0 fully saturated rings. The Labute approximate surface area is 183 Å². The van der Waals surface area contributed by atoms with Crippen molar-refractivity contribution >= 4 is 11.4 Å². The number of aliphatic hydroxyl groups excluding tert-OH is 1. The molecule has 32 heavy (non-hydrogen) atoms. The summed E-state index contributed by atoms with van der Waals surface area (Å²) in [6.45, 7) is 0. The molecule has 2 aromatic heterocycles. The van der Waals surface area contributed by atoms with Crippen molar-refractivity contribution in [3.63, 3.8) is 0 Å². The average Bonchev–Trinajstić information content (AvgIpc) is 3.52. The highest BCUT2D eigenvalue weighted by molar-refractivity contribution is 6.05. The van der Waals surface area contributed by atoms with Gasteiger partial charge in [-0.05, 0) is 36.4 Å². The lowest BCUT2D eigenvalue weighted by Crippen LogP contribution is -2.34. The molecule has 0 amide bonds. The van der Waals surface area contributed by atoms with E-state index in [2.05, 4.69) is 15.3 Å². The van der Waals surface area contributed by atoms with Crippen LogP contribution in [-0.4, -0.2) is 43.6 Å². The van der Waals surface area contributed by atoms with Gasteiger partial charge in [-0.2, -0.15) is 15.3 Å². The van der Waals surface area contributed by atoms with E-state index in [4.69, 9.17) is 4.74 Å². The van der Waals surface area contributed by atoms with Gasteiger partial charge in [-0.15, -0.1) is 0 Å². The van der Waals surface area contributed by atoms with Crippen molar-refractivity contribution in [2.24, 2.45) is 5.10 Å². The van der Waals surface area contributed by atoms with Crippen LogP contribution in [0.2, 0.25) is 0 Å². The normalized spacial score (nSPS) is 16.0. The molecule has 1 N–H and O–H groups in total. The highest BCUT2D eigenvalue weighted by Gasteiger charge is 2.30. The van der Waals surface area contributed by atoms with Gasteiger partial charge in [0.15, 0.2) is 11.9 Å². The number of halogens is 1. The quantitative estimate of drug-likeness (QED) is 0.526. The first-order valence-electron chi connectivity index (χ1n) is 9.86. The first-order chi connectivity index (χ1) is 15.7. The summed E-state index contributed by atoms with van der Waals surface area (Å²) in [6, 6.07) is 17.7. The van der Waals surface area contributed by atoms with Gasteiger partial charge in [0.05, 0.1) is 36.6 Å². The minimum absolute atomic E-state index is 0.200. The number of hydrazone groups is 1. The summed E-state index contributed by atoms with van der Waals surface area (Å²) in [4.78, 5) is 0. The van der Waals surface area contributed by atoms with Crippen molar-refractivity contribution in [3.8, 4) is 11.4 Å². The van der Waals surface area contributed by atoms with Crippen molar-refractivity contribution < 1.29 is 14.2 Å². The van der Waals surface area contributed by atoms with E-state index in [1.165, 1.54) is 24.4 Å². The van der Waals surface area contributed by atoms with Crippen molar-refractivity contribution in [2.75, 3.05) is 12.1 Å². The molecule has 4 aromatic rings. The van der Waals surface area contributed by atoms with Gasteiger partial charge in [-0.1, -0.05) is 18.2 Å². The smallest absolute Gasteiger partial charge is 0.158 e. The van der Waals surface area contributed by atoms with Crippen LogP contribution in [0, 0.1) is 5.82 Å². The summed E-state index contributed by atoms with van der Waals surface area (Å²) in [5.74, 6) is -0.271. The van der Waals surface area contributed by atoms with Crippen molar-refractivity contribution in [3.05, 3.63) is 103 Å². The van der Waals surface area contributed by atoms with Crippen molar-refractivity contribution in [1.29, 1.82) is 0 Å². The molecule has 1 unspecified atom stereocenters. The molecule has 0 spiro atoms. The minimum Gasteiger partial charge on any atom is -0.496 e. The fraction of sp³-hybridized carbons (Fsp3) is 0.0870. The number of hydrogen-bond acceptors (Lipinski definition) is 6. The van der Waals surface area contributed by atoms with Crippen molar-refractivity contribution in [2.45, 2.75) is 6.10 Å². The van der Waals surface area contributed by atoms with E-state index < -0.39 is 11.9 Å². The number of methoxy groups -OCH3 is 1. The Balaban J connectivity index is 1.57. The average molecular weight is 430 g/mol. The molecule has 5 rings (SSSR count). The van der Waals surface area contributed by atoms with Gasteiger partial charge in [0.25, 0.3) is 0 Å². The molecule has 9 heteroatoms. The molecule has 3 heterocycles. The highest BCUT2D eigenvalue weighted by atomic mass is 19.1. The minimum atomic E-state index is -1.14. The number of anilines is 1. The molecule has 0 aliphatic carbocycles. The van der Waals surface area contributed by atoms with E-state index in [9.17, 15) is 5.11 Å². The molecule has 160 valence electrons. The second-order valence-corrected chi connectivity index (χ2v) is 7.02. The molecule has 0 saturated heterocycles. The predicted molar refractivity (Wildman–Crippen MR) is 117 cm³/mol. The van der Waals surface area contributed by atoms with Gasteiger partial charge in [-0.25, -0.2) is 18.8 Å². The lowest BCUT2D eigenvalue weighted by molar-refractivity contribution is 0.169. The second-order valence-electron chi connectivity index (χ2n) is 7.02. The summed E-state index contributed by atoms with van der Waals surface area (Å²) in [5.41, 5.74) is 2.42. The van der Waals surface area contributed by atoms with Crippen LogP contribution < -0.4 is 5.01 Å². The number of para-hydroxylation sites is 1. The third kappa shape index (κ3) is 3.44. The van der Waals surface area contributed by atoms with Crippen LogP contribution in [-0.2, 0) is 4.74 Å². The summed E-state index contributed by atoms with van der Waals surface area (Å²) < 4.78 is 23.7. The summed E-state index contributed by atoms with van der Waals surface area (Å²) in [5, 5.41) is 25.3. The zero-order valence-corrected chi connectivity index (χ0v) is 17.1. The molecular weight excluding hydrogens is 411 g/mol. The molecule has 2 aromatic carbocycles. The maximum Gasteiger partial charge on any atom is 0.158 e. The molecule has 0 radical (unpaired) electrons. The van der Waals surface area contributed by atoms with Gasteiger partial charge >= 0.3 is 0 Å². The Morgan fingerprint density at radius 2 is 1.81 bits per heavy atom. The number of benzene rings is 2. The first-order valence-corrected chi connectivity index (χ1v) is 9.86. The van der Waals surface area contributed by atoms with E-state index in [1.807, 2.05) is 30.3 Å². The molecule has 1 aliphatic rings. The topological polar surface area (TPSA) is 80.7 Å². The van der Waals surface area contributed by atoms with E-state index >= 15 is 4.39 Å². The highest BCUT2D eigenvalue weighted by Crippen LogP contribution is 2.28. The Kier molecular flexibility index (Phi) is 5.00. The van der Waals surface area contributed by atoms with Gasteiger partial charge in [0, 0.05) is 18.5 Å². The first kappa shape index (κ1) is 19.7. The fourth-order valence-electron chi connectivity index (χ4n) is 3.52. The van der Waals surface area contributed by atoms with Crippen LogP contribution >= 0.6 is 0 Å². The van der Waals surface area contributed by atoms with Crippen LogP contribution in [0.3, 0.4) is 0 Å². The predicted octanol–water partition coefficient (Wildman–Crippen LogP) is 3.27. The van der Waals surface area contributed by atoms with Gasteiger partial charge in [0.1, 0.15) is 17.2 Å². The molecule has 0 saturated carbocycles. The van der Waals surface area contributed by atoms with Crippen LogP contribution in [0.25, 0.3) is 11.4 Å². The second kappa shape index (κ2) is 8.12. The van der Waals surface area contributed by atoms with Gasteiger partial charge in [0.2, 0.25) is 0 Å². The molecule has 1 aliphatic heterocycles. The van der Waals surface area contributed by atoms with E-state index in [-0.39, 0.29) is 17.2 Å². The number of ether oxygens (including phenoxy) is 1. The van der Waals surface area contributed by atoms with Crippen LogP contribution in [0.1, 0.15) is 5.69 Å². The van der Waals surface area contributed by atoms with Crippen LogP contribution in [0.5, 0.6) is 0 Å². The Hall–Kier alpha value is -4.24. The lowest BCUT2D eigenvalue weighted by Gasteiger charge is -2.27. The van der Waals surface area contributed by atoms with Crippen LogP contribution in [0.15, 0.2) is 96.3 Å². The molecule has 1 atom stereocenters.